The second-order valence-corrected chi connectivity index (χ2v) is 7.76. The Labute approximate surface area is 174 Å². The molecule has 1 aromatic rings. The van der Waals surface area contributed by atoms with Crippen LogP contribution < -0.4 is 5.73 Å². The summed E-state index contributed by atoms with van der Waals surface area (Å²) >= 11 is 0. The molecule has 3 heteroatoms. The Morgan fingerprint density at radius 3 is 1.32 bits per heavy atom. The van der Waals surface area contributed by atoms with Crippen LogP contribution in [-0.2, 0) is 0 Å². The first kappa shape index (κ1) is 26.6. The lowest BCUT2D eigenvalue weighted by Gasteiger charge is -2.03. The van der Waals surface area contributed by atoms with E-state index in [1.54, 1.807) is 30.3 Å². The fraction of sp³-hybridized carbons (Fsp3) is 0.720. The molecule has 3 nitrogen and oxygen atoms in total. The molecule has 1 aromatic carbocycles. The molecule has 0 amide bonds. The highest BCUT2D eigenvalue weighted by atomic mass is 16.4. The van der Waals surface area contributed by atoms with Gasteiger partial charge in [-0.25, -0.2) is 4.79 Å². The van der Waals surface area contributed by atoms with Gasteiger partial charge in [0.05, 0.1) is 5.56 Å². The van der Waals surface area contributed by atoms with E-state index >= 15 is 0 Å². The van der Waals surface area contributed by atoms with E-state index in [1.807, 2.05) is 0 Å². The standard InChI is InChI=1S/C18H39N.C7H6O2/c1-2-3-4-5-6-7-8-9-10-11-12-13-14-15-16-17-18-19;8-7(9)6-4-2-1-3-5-6/h2-19H2,1H3;1-5H,(H,8,9). The van der Waals surface area contributed by atoms with Crippen LogP contribution in [0.5, 0.6) is 0 Å². The number of nitrogens with two attached hydrogens (primary N) is 1. The molecular weight excluding hydrogens is 346 g/mol. The number of aromatic carboxylic acids is 1. The minimum atomic E-state index is -0.879. The molecule has 0 heterocycles. The largest absolute Gasteiger partial charge is 0.478 e. The molecule has 0 unspecified atom stereocenters. The number of hydrogen-bond acceptors (Lipinski definition) is 2. The second-order valence-electron chi connectivity index (χ2n) is 7.76. The molecule has 0 aliphatic rings. The summed E-state index contributed by atoms with van der Waals surface area (Å²) in [5, 5.41) is 8.38. The number of carboxylic acid groups (broad SMARTS) is 1. The summed E-state index contributed by atoms with van der Waals surface area (Å²) in [5.41, 5.74) is 5.81. The average Bonchev–Trinajstić information content (AvgIpc) is 2.72. The molecule has 0 fully saturated rings. The van der Waals surface area contributed by atoms with Gasteiger partial charge >= 0.3 is 5.97 Å². The lowest BCUT2D eigenvalue weighted by molar-refractivity contribution is 0.0697. The zero-order valence-electron chi connectivity index (χ0n) is 18.3. The summed E-state index contributed by atoms with van der Waals surface area (Å²) in [6.45, 7) is 3.16. The zero-order chi connectivity index (χ0) is 20.7. The number of rotatable bonds is 17. The van der Waals surface area contributed by atoms with Gasteiger partial charge in [-0.2, -0.15) is 0 Å². The van der Waals surface area contributed by atoms with Crippen molar-refractivity contribution in [1.29, 1.82) is 0 Å². The summed E-state index contributed by atoms with van der Waals surface area (Å²) in [5.74, 6) is -0.879. The molecule has 0 saturated carbocycles. The maximum Gasteiger partial charge on any atom is 0.335 e. The molecule has 0 atom stereocenters. The predicted octanol–water partition coefficient (Wildman–Crippen LogP) is 7.59. The molecule has 0 bridgehead atoms. The van der Waals surface area contributed by atoms with Crippen LogP contribution in [0.2, 0.25) is 0 Å². The van der Waals surface area contributed by atoms with Gasteiger partial charge in [-0.1, -0.05) is 121 Å². The van der Waals surface area contributed by atoms with Crippen LogP contribution in [0.15, 0.2) is 30.3 Å². The first-order chi connectivity index (χ1) is 13.7. The maximum atomic E-state index is 10.2. The lowest BCUT2D eigenvalue weighted by Crippen LogP contribution is -1.97. The Hall–Kier alpha value is -1.35. The summed E-state index contributed by atoms with van der Waals surface area (Å²) in [4.78, 5) is 10.2. The number of carbonyl (C=O) groups is 1. The van der Waals surface area contributed by atoms with E-state index < -0.39 is 5.97 Å². The van der Waals surface area contributed by atoms with Crippen LogP contribution in [0.1, 0.15) is 120 Å². The minimum Gasteiger partial charge on any atom is -0.478 e. The summed E-state index contributed by atoms with van der Waals surface area (Å²) in [6.07, 6.45) is 22.9. The Morgan fingerprint density at radius 2 is 1.04 bits per heavy atom. The molecule has 162 valence electrons. The van der Waals surface area contributed by atoms with E-state index in [1.165, 1.54) is 103 Å². The van der Waals surface area contributed by atoms with Gasteiger partial charge in [0.25, 0.3) is 0 Å². The van der Waals surface area contributed by atoms with Crippen molar-refractivity contribution in [2.75, 3.05) is 6.54 Å². The molecule has 0 aromatic heterocycles. The highest BCUT2D eigenvalue weighted by Gasteiger charge is 1.96. The number of unbranched alkanes of at least 4 members (excludes halogenated alkanes) is 15. The quantitative estimate of drug-likeness (QED) is 0.269. The van der Waals surface area contributed by atoms with Gasteiger partial charge in [-0.15, -0.1) is 0 Å². The normalized spacial score (nSPS) is 10.4. The molecule has 0 aliphatic heterocycles. The molecule has 3 N–H and O–H groups in total. The van der Waals surface area contributed by atoms with Crippen LogP contribution in [-0.4, -0.2) is 17.6 Å². The molecular formula is C25H45NO2. The first-order valence-corrected chi connectivity index (χ1v) is 11.7. The Balaban J connectivity index is 0.000000668. The Kier molecular flexibility index (Phi) is 20.9. The van der Waals surface area contributed by atoms with Crippen molar-refractivity contribution >= 4 is 5.97 Å². The van der Waals surface area contributed by atoms with Crippen molar-refractivity contribution in [2.45, 2.75) is 110 Å². The molecule has 0 radical (unpaired) electrons. The van der Waals surface area contributed by atoms with E-state index in [4.69, 9.17) is 10.8 Å². The van der Waals surface area contributed by atoms with E-state index in [0.29, 0.717) is 5.56 Å². The molecule has 0 spiro atoms. The fourth-order valence-electron chi connectivity index (χ4n) is 3.27. The topological polar surface area (TPSA) is 63.3 Å². The van der Waals surface area contributed by atoms with Gasteiger partial charge in [0, 0.05) is 0 Å². The molecule has 1 rings (SSSR count). The number of hydrogen-bond donors (Lipinski definition) is 2. The summed E-state index contributed by atoms with van der Waals surface area (Å²) in [6, 6.07) is 8.30. The second kappa shape index (κ2) is 21.9. The van der Waals surface area contributed by atoms with Crippen molar-refractivity contribution in [3.63, 3.8) is 0 Å². The van der Waals surface area contributed by atoms with Gasteiger partial charge in [0.2, 0.25) is 0 Å². The Bertz CT molecular complexity index is 417. The SMILES string of the molecule is CCCCCCCCCCCCCCCCCCN.O=C(O)c1ccccc1. The number of benzene rings is 1. The Morgan fingerprint density at radius 1 is 0.679 bits per heavy atom. The molecule has 0 saturated heterocycles. The van der Waals surface area contributed by atoms with Crippen molar-refractivity contribution in [1.82, 2.24) is 0 Å². The minimum absolute atomic E-state index is 0.331. The smallest absolute Gasteiger partial charge is 0.335 e. The first-order valence-electron chi connectivity index (χ1n) is 11.7. The summed E-state index contributed by atoms with van der Waals surface area (Å²) in [7, 11) is 0. The van der Waals surface area contributed by atoms with Crippen molar-refractivity contribution in [3.8, 4) is 0 Å². The van der Waals surface area contributed by atoms with Gasteiger partial charge in [-0.05, 0) is 25.1 Å². The third-order valence-electron chi connectivity index (χ3n) is 5.08. The highest BCUT2D eigenvalue weighted by Crippen LogP contribution is 2.13. The van der Waals surface area contributed by atoms with E-state index in [0.717, 1.165) is 6.54 Å². The van der Waals surface area contributed by atoms with E-state index in [2.05, 4.69) is 6.92 Å². The van der Waals surface area contributed by atoms with E-state index in [9.17, 15) is 4.79 Å². The van der Waals surface area contributed by atoms with Crippen LogP contribution in [0.3, 0.4) is 0 Å². The van der Waals surface area contributed by atoms with E-state index in [-0.39, 0.29) is 0 Å². The van der Waals surface area contributed by atoms with Crippen LogP contribution in [0.25, 0.3) is 0 Å². The lowest BCUT2D eigenvalue weighted by atomic mass is 10.0. The third kappa shape index (κ3) is 19.4. The van der Waals surface area contributed by atoms with Gasteiger partial charge in [-0.3, -0.25) is 0 Å². The summed E-state index contributed by atoms with van der Waals surface area (Å²) < 4.78 is 0. The predicted molar refractivity (Wildman–Crippen MR) is 122 cm³/mol. The monoisotopic (exact) mass is 391 g/mol. The van der Waals surface area contributed by atoms with Gasteiger partial charge in [0.15, 0.2) is 0 Å². The average molecular weight is 392 g/mol. The van der Waals surface area contributed by atoms with Crippen LogP contribution in [0.4, 0.5) is 0 Å². The fourth-order valence-corrected chi connectivity index (χ4v) is 3.27. The van der Waals surface area contributed by atoms with Crippen molar-refractivity contribution in [3.05, 3.63) is 35.9 Å². The maximum absolute atomic E-state index is 10.2. The zero-order valence-corrected chi connectivity index (χ0v) is 18.3. The van der Waals surface area contributed by atoms with Gasteiger partial charge < -0.3 is 10.8 Å². The third-order valence-corrected chi connectivity index (χ3v) is 5.08. The molecule has 28 heavy (non-hydrogen) atoms. The highest BCUT2D eigenvalue weighted by molar-refractivity contribution is 5.87. The van der Waals surface area contributed by atoms with Crippen LogP contribution >= 0.6 is 0 Å². The van der Waals surface area contributed by atoms with Crippen molar-refractivity contribution in [2.24, 2.45) is 5.73 Å². The van der Waals surface area contributed by atoms with Gasteiger partial charge in [0.1, 0.15) is 0 Å². The molecule has 0 aliphatic carbocycles. The number of carboxylic acids is 1. The van der Waals surface area contributed by atoms with Crippen molar-refractivity contribution < 1.29 is 9.90 Å². The van der Waals surface area contributed by atoms with Crippen LogP contribution in [0, 0.1) is 0 Å².